The summed E-state index contributed by atoms with van der Waals surface area (Å²) >= 11 is 0. The van der Waals surface area contributed by atoms with Crippen LogP contribution in [0.2, 0.25) is 0 Å². The van der Waals surface area contributed by atoms with Gasteiger partial charge in [-0.05, 0) is 23.8 Å². The van der Waals surface area contributed by atoms with Crippen molar-refractivity contribution < 1.29 is 0 Å². The standard InChI is InChI=1S/C17H20N6/c1-12(13-3-5-16(19)6-4-13)17-7-14(10-23(17)21-11-18)15-8-20-22(2)9-15/h3-12H,19H2,1-2H3,(H2,18,21). The van der Waals surface area contributed by atoms with Crippen LogP contribution in [0.3, 0.4) is 0 Å². The number of hydrogen-bond donors (Lipinski definition) is 2. The van der Waals surface area contributed by atoms with Gasteiger partial charge in [0.25, 0.3) is 0 Å². The van der Waals surface area contributed by atoms with Crippen molar-refractivity contribution >= 4 is 12.0 Å². The molecule has 6 heteroatoms. The summed E-state index contributed by atoms with van der Waals surface area (Å²) in [6.07, 6.45) is 7.07. The van der Waals surface area contributed by atoms with Gasteiger partial charge in [-0.25, -0.2) is 4.68 Å². The Morgan fingerprint density at radius 1 is 1.17 bits per heavy atom. The fraction of sp³-hybridized carbons (Fsp3) is 0.176. The maximum Gasteiger partial charge on any atom is 0.107 e. The average molecular weight is 308 g/mol. The largest absolute Gasteiger partial charge is 0.399 e. The van der Waals surface area contributed by atoms with Gasteiger partial charge in [-0.15, -0.1) is 0 Å². The lowest BCUT2D eigenvalue weighted by molar-refractivity contribution is 0.755. The first-order valence-corrected chi connectivity index (χ1v) is 7.40. The first kappa shape index (κ1) is 14.9. The molecule has 4 N–H and O–H groups in total. The molecule has 23 heavy (non-hydrogen) atoms. The van der Waals surface area contributed by atoms with Gasteiger partial charge in [-0.3, -0.25) is 4.68 Å². The topological polar surface area (TPSA) is 87.1 Å². The highest BCUT2D eigenvalue weighted by Crippen LogP contribution is 2.30. The van der Waals surface area contributed by atoms with Crippen molar-refractivity contribution in [2.24, 2.45) is 17.9 Å². The van der Waals surface area contributed by atoms with E-state index in [2.05, 4.69) is 23.2 Å². The van der Waals surface area contributed by atoms with Gasteiger partial charge in [-0.1, -0.05) is 19.1 Å². The van der Waals surface area contributed by atoms with Crippen LogP contribution in [-0.4, -0.2) is 20.8 Å². The molecule has 0 aliphatic rings. The van der Waals surface area contributed by atoms with Crippen molar-refractivity contribution in [1.29, 1.82) is 0 Å². The second-order valence-corrected chi connectivity index (χ2v) is 5.55. The minimum atomic E-state index is 0.157. The predicted molar refractivity (Wildman–Crippen MR) is 93.1 cm³/mol. The molecule has 0 saturated heterocycles. The second kappa shape index (κ2) is 6.00. The maximum absolute atomic E-state index is 5.77. The lowest BCUT2D eigenvalue weighted by Crippen LogP contribution is -2.04. The quantitative estimate of drug-likeness (QED) is 0.440. The van der Waals surface area contributed by atoms with E-state index in [1.165, 1.54) is 11.9 Å². The van der Waals surface area contributed by atoms with Crippen LogP contribution < -0.4 is 11.5 Å². The molecule has 1 unspecified atom stereocenters. The molecular formula is C17H20N6. The number of benzene rings is 1. The third kappa shape index (κ3) is 2.96. The Hall–Kier alpha value is -3.02. The molecular weight excluding hydrogens is 288 g/mol. The van der Waals surface area contributed by atoms with E-state index < -0.39 is 0 Å². The molecule has 0 bridgehead atoms. The smallest absolute Gasteiger partial charge is 0.107 e. The minimum Gasteiger partial charge on any atom is -0.399 e. The summed E-state index contributed by atoms with van der Waals surface area (Å²) in [5.41, 5.74) is 16.3. The molecule has 0 radical (unpaired) electrons. The summed E-state index contributed by atoms with van der Waals surface area (Å²) in [5, 5.41) is 8.46. The van der Waals surface area contributed by atoms with Crippen LogP contribution in [0.5, 0.6) is 0 Å². The molecule has 0 aliphatic heterocycles. The predicted octanol–water partition coefficient (Wildman–Crippen LogP) is 2.37. The van der Waals surface area contributed by atoms with Crippen LogP contribution in [0.25, 0.3) is 11.1 Å². The van der Waals surface area contributed by atoms with Crippen LogP contribution in [0, 0.1) is 0 Å². The van der Waals surface area contributed by atoms with Gasteiger partial charge in [0.05, 0.1) is 6.20 Å². The number of nitrogen functional groups attached to an aromatic ring is 1. The fourth-order valence-electron chi connectivity index (χ4n) is 2.65. The van der Waals surface area contributed by atoms with E-state index >= 15 is 0 Å². The summed E-state index contributed by atoms with van der Waals surface area (Å²) in [6.45, 7) is 2.14. The highest BCUT2D eigenvalue weighted by atomic mass is 15.4. The van der Waals surface area contributed by atoms with Crippen LogP contribution in [0.1, 0.15) is 24.1 Å². The number of aromatic nitrogens is 3. The minimum absolute atomic E-state index is 0.157. The first-order chi connectivity index (χ1) is 11.1. The lowest BCUT2D eigenvalue weighted by atomic mass is 9.97. The van der Waals surface area contributed by atoms with Gasteiger partial charge < -0.3 is 11.5 Å². The average Bonchev–Trinajstić information content (AvgIpc) is 3.14. The van der Waals surface area contributed by atoms with Crippen molar-refractivity contribution in [2.45, 2.75) is 12.8 Å². The number of nitrogens with zero attached hydrogens (tertiary/aromatic N) is 4. The summed E-state index contributed by atoms with van der Waals surface area (Å²) in [5.74, 6) is 0.157. The van der Waals surface area contributed by atoms with E-state index in [9.17, 15) is 0 Å². The number of anilines is 1. The molecule has 2 heterocycles. The molecule has 0 amide bonds. The molecule has 0 saturated carbocycles. The number of nitrogens with two attached hydrogens (primary N) is 2. The van der Waals surface area contributed by atoms with Gasteiger partial charge in [0.1, 0.15) is 6.34 Å². The number of hydrogen-bond acceptors (Lipinski definition) is 3. The molecule has 2 aromatic heterocycles. The van der Waals surface area contributed by atoms with E-state index in [-0.39, 0.29) is 5.92 Å². The normalized spacial score (nSPS) is 12.8. The van der Waals surface area contributed by atoms with Gasteiger partial charge in [0.15, 0.2) is 0 Å². The molecule has 3 aromatic rings. The van der Waals surface area contributed by atoms with Gasteiger partial charge in [-0.2, -0.15) is 10.2 Å². The van der Waals surface area contributed by atoms with Crippen molar-refractivity contribution in [2.75, 3.05) is 5.73 Å². The Bertz CT molecular complexity index is 825. The molecule has 0 fully saturated rings. The molecule has 118 valence electrons. The summed E-state index contributed by atoms with van der Waals surface area (Å²) in [4.78, 5) is 0. The van der Waals surface area contributed by atoms with Crippen molar-refractivity contribution in [3.63, 3.8) is 0 Å². The SMILES string of the molecule is CC(c1ccc(N)cc1)c1cc(-c2cnn(C)c2)cn1/N=C\N. The van der Waals surface area contributed by atoms with E-state index in [4.69, 9.17) is 11.5 Å². The Balaban J connectivity index is 2.03. The monoisotopic (exact) mass is 308 g/mol. The zero-order valence-electron chi connectivity index (χ0n) is 13.2. The molecule has 0 spiro atoms. The Labute approximate surface area is 135 Å². The number of rotatable bonds is 4. The van der Waals surface area contributed by atoms with Gasteiger partial charge in [0.2, 0.25) is 0 Å². The first-order valence-electron chi connectivity index (χ1n) is 7.40. The third-order valence-corrected chi connectivity index (χ3v) is 3.94. The zero-order chi connectivity index (χ0) is 16.4. The Morgan fingerprint density at radius 2 is 1.91 bits per heavy atom. The van der Waals surface area contributed by atoms with E-state index in [0.717, 1.165) is 22.5 Å². The molecule has 6 nitrogen and oxygen atoms in total. The van der Waals surface area contributed by atoms with Crippen LogP contribution in [0.15, 0.2) is 54.0 Å². The second-order valence-electron chi connectivity index (χ2n) is 5.55. The molecule has 0 aliphatic carbocycles. The third-order valence-electron chi connectivity index (χ3n) is 3.94. The summed E-state index contributed by atoms with van der Waals surface area (Å²) < 4.78 is 3.59. The van der Waals surface area contributed by atoms with Crippen molar-refractivity contribution in [3.05, 3.63) is 60.2 Å². The fourth-order valence-corrected chi connectivity index (χ4v) is 2.65. The highest BCUT2D eigenvalue weighted by molar-refractivity contribution is 5.63. The van der Waals surface area contributed by atoms with E-state index in [1.54, 1.807) is 4.68 Å². The zero-order valence-corrected chi connectivity index (χ0v) is 13.2. The van der Waals surface area contributed by atoms with Gasteiger partial charge in [0, 0.05) is 47.9 Å². The van der Waals surface area contributed by atoms with Crippen LogP contribution in [-0.2, 0) is 7.05 Å². The summed E-state index contributed by atoms with van der Waals surface area (Å²) in [6, 6.07) is 10.0. The Kier molecular flexibility index (Phi) is 3.89. The molecule has 1 atom stereocenters. The Morgan fingerprint density at radius 3 is 2.52 bits per heavy atom. The lowest BCUT2D eigenvalue weighted by Gasteiger charge is -2.13. The number of aryl methyl sites for hydroxylation is 1. The maximum atomic E-state index is 5.77. The molecule has 1 aromatic carbocycles. The van der Waals surface area contributed by atoms with E-state index in [1.807, 2.05) is 54.6 Å². The van der Waals surface area contributed by atoms with Crippen molar-refractivity contribution in [3.8, 4) is 11.1 Å². The van der Waals surface area contributed by atoms with Crippen molar-refractivity contribution in [1.82, 2.24) is 14.5 Å². The van der Waals surface area contributed by atoms with Crippen LogP contribution in [0.4, 0.5) is 5.69 Å². The van der Waals surface area contributed by atoms with E-state index in [0.29, 0.717) is 0 Å². The highest BCUT2D eigenvalue weighted by Gasteiger charge is 2.16. The van der Waals surface area contributed by atoms with Gasteiger partial charge >= 0.3 is 0 Å². The summed E-state index contributed by atoms with van der Waals surface area (Å²) in [7, 11) is 1.90. The van der Waals surface area contributed by atoms with Crippen LogP contribution >= 0.6 is 0 Å². The molecule has 3 rings (SSSR count).